The van der Waals surface area contributed by atoms with Gasteiger partial charge in [0.1, 0.15) is 5.75 Å². The molecule has 0 aliphatic carbocycles. The summed E-state index contributed by atoms with van der Waals surface area (Å²) >= 11 is 1.47. The first-order valence-electron chi connectivity index (χ1n) is 7.32. The van der Waals surface area contributed by atoms with Crippen LogP contribution in [0.15, 0.2) is 53.4 Å². The monoisotopic (exact) mass is 329 g/mol. The fourth-order valence-corrected chi connectivity index (χ4v) is 2.75. The van der Waals surface area contributed by atoms with E-state index in [-0.39, 0.29) is 11.7 Å². The molecular weight excluding hydrogens is 310 g/mol. The number of ketones is 1. The van der Waals surface area contributed by atoms with Crippen molar-refractivity contribution in [2.75, 3.05) is 18.2 Å². The number of anilines is 1. The van der Waals surface area contributed by atoms with Gasteiger partial charge in [-0.25, -0.2) is 0 Å². The molecule has 0 radical (unpaired) electrons. The predicted molar refractivity (Wildman–Crippen MR) is 93.4 cm³/mol. The Morgan fingerprint density at radius 3 is 2.52 bits per heavy atom. The van der Waals surface area contributed by atoms with Crippen molar-refractivity contribution in [1.29, 1.82) is 0 Å². The lowest BCUT2D eigenvalue weighted by atomic mass is 10.1. The summed E-state index contributed by atoms with van der Waals surface area (Å²) in [6.07, 6.45) is 0.428. The van der Waals surface area contributed by atoms with Crippen molar-refractivity contribution in [1.82, 2.24) is 0 Å². The average molecular weight is 329 g/mol. The number of ether oxygens (including phenoxy) is 1. The molecule has 23 heavy (non-hydrogen) atoms. The third kappa shape index (κ3) is 5.14. The zero-order valence-corrected chi connectivity index (χ0v) is 14.0. The highest BCUT2D eigenvalue weighted by Crippen LogP contribution is 2.23. The maximum Gasteiger partial charge on any atom is 0.224 e. The van der Waals surface area contributed by atoms with Gasteiger partial charge >= 0.3 is 0 Å². The summed E-state index contributed by atoms with van der Waals surface area (Å²) in [5.74, 6) is 1.13. The highest BCUT2D eigenvalue weighted by Gasteiger charge is 2.08. The number of benzene rings is 2. The predicted octanol–water partition coefficient (Wildman–Crippen LogP) is 4.02. The second kappa shape index (κ2) is 8.39. The molecule has 0 heterocycles. The summed E-state index contributed by atoms with van der Waals surface area (Å²) in [6.45, 7) is 1.79. The SMILES string of the molecule is CCC(=O)Nc1ccc(C(=O)CSc2cccc(OC)c2)cc1. The van der Waals surface area contributed by atoms with E-state index in [1.807, 2.05) is 24.3 Å². The van der Waals surface area contributed by atoms with E-state index in [1.165, 1.54) is 11.8 Å². The first kappa shape index (κ1) is 17.1. The molecule has 0 saturated heterocycles. The summed E-state index contributed by atoms with van der Waals surface area (Å²) in [5, 5.41) is 2.76. The van der Waals surface area contributed by atoms with Gasteiger partial charge in [0.2, 0.25) is 5.91 Å². The Kier molecular flexibility index (Phi) is 6.23. The molecule has 2 rings (SSSR count). The van der Waals surface area contributed by atoms with Crippen LogP contribution in [0.1, 0.15) is 23.7 Å². The highest BCUT2D eigenvalue weighted by molar-refractivity contribution is 8.00. The largest absolute Gasteiger partial charge is 0.497 e. The van der Waals surface area contributed by atoms with Gasteiger partial charge in [0.25, 0.3) is 0 Å². The van der Waals surface area contributed by atoms with Crippen LogP contribution >= 0.6 is 11.8 Å². The van der Waals surface area contributed by atoms with E-state index in [0.29, 0.717) is 23.4 Å². The molecule has 1 amide bonds. The zero-order valence-electron chi connectivity index (χ0n) is 13.2. The van der Waals surface area contributed by atoms with Gasteiger partial charge in [-0.3, -0.25) is 9.59 Å². The molecule has 0 spiro atoms. The van der Waals surface area contributed by atoms with Gasteiger partial charge in [0, 0.05) is 22.6 Å². The number of methoxy groups -OCH3 is 1. The molecule has 0 atom stereocenters. The molecule has 0 unspecified atom stereocenters. The fourth-order valence-electron chi connectivity index (χ4n) is 1.91. The Morgan fingerprint density at radius 1 is 1.13 bits per heavy atom. The van der Waals surface area contributed by atoms with E-state index < -0.39 is 0 Å². The summed E-state index contributed by atoms with van der Waals surface area (Å²) in [6, 6.07) is 14.6. The average Bonchev–Trinajstić information content (AvgIpc) is 2.60. The molecule has 1 N–H and O–H groups in total. The number of carbonyl (C=O) groups is 2. The van der Waals surface area contributed by atoms with Crippen molar-refractivity contribution >= 4 is 29.1 Å². The van der Waals surface area contributed by atoms with Crippen molar-refractivity contribution < 1.29 is 14.3 Å². The number of rotatable bonds is 7. The van der Waals surface area contributed by atoms with Crippen LogP contribution in [-0.4, -0.2) is 24.6 Å². The minimum Gasteiger partial charge on any atom is -0.497 e. The van der Waals surface area contributed by atoms with Crippen LogP contribution in [0.5, 0.6) is 5.75 Å². The van der Waals surface area contributed by atoms with E-state index in [1.54, 1.807) is 38.3 Å². The fraction of sp³-hybridized carbons (Fsp3) is 0.222. The molecule has 2 aromatic rings. The van der Waals surface area contributed by atoms with Crippen LogP contribution in [-0.2, 0) is 4.79 Å². The highest BCUT2D eigenvalue weighted by atomic mass is 32.2. The standard InChI is InChI=1S/C18H19NO3S/c1-3-18(21)19-14-9-7-13(8-10-14)17(20)12-23-16-6-4-5-15(11-16)22-2/h4-11H,3,12H2,1-2H3,(H,19,21). The topological polar surface area (TPSA) is 55.4 Å². The normalized spacial score (nSPS) is 10.2. The molecule has 0 aromatic heterocycles. The first-order chi connectivity index (χ1) is 11.1. The van der Waals surface area contributed by atoms with Gasteiger partial charge in [-0.2, -0.15) is 0 Å². The van der Waals surface area contributed by atoms with Crippen molar-refractivity contribution in [3.05, 3.63) is 54.1 Å². The van der Waals surface area contributed by atoms with Gasteiger partial charge < -0.3 is 10.1 Å². The lowest BCUT2D eigenvalue weighted by Crippen LogP contribution is -2.09. The van der Waals surface area contributed by atoms with Gasteiger partial charge in [0.05, 0.1) is 12.9 Å². The zero-order chi connectivity index (χ0) is 16.7. The second-order valence-corrected chi connectivity index (χ2v) is 5.92. The van der Waals surface area contributed by atoms with E-state index in [4.69, 9.17) is 4.74 Å². The molecule has 2 aromatic carbocycles. The van der Waals surface area contributed by atoms with Gasteiger partial charge in [-0.1, -0.05) is 13.0 Å². The minimum atomic E-state index is -0.0438. The summed E-state index contributed by atoms with van der Waals surface area (Å²) in [7, 11) is 1.62. The van der Waals surface area contributed by atoms with Crippen molar-refractivity contribution in [3.8, 4) is 5.75 Å². The number of thioether (sulfide) groups is 1. The maximum atomic E-state index is 12.2. The smallest absolute Gasteiger partial charge is 0.224 e. The van der Waals surface area contributed by atoms with Crippen molar-refractivity contribution in [2.24, 2.45) is 0 Å². The lowest BCUT2D eigenvalue weighted by molar-refractivity contribution is -0.115. The third-order valence-corrected chi connectivity index (χ3v) is 4.22. The molecule has 5 heteroatoms. The molecule has 0 aliphatic heterocycles. The number of amides is 1. The Balaban J connectivity index is 1.93. The maximum absolute atomic E-state index is 12.2. The number of hydrogen-bond donors (Lipinski definition) is 1. The van der Waals surface area contributed by atoms with Crippen LogP contribution in [0.3, 0.4) is 0 Å². The van der Waals surface area contributed by atoms with Crippen molar-refractivity contribution in [3.63, 3.8) is 0 Å². The summed E-state index contributed by atoms with van der Waals surface area (Å²) < 4.78 is 5.17. The molecule has 4 nitrogen and oxygen atoms in total. The third-order valence-electron chi connectivity index (χ3n) is 3.22. The summed E-state index contributed by atoms with van der Waals surface area (Å²) in [4.78, 5) is 24.5. The Hall–Kier alpha value is -2.27. The number of hydrogen-bond acceptors (Lipinski definition) is 4. The quantitative estimate of drug-likeness (QED) is 0.616. The number of carbonyl (C=O) groups excluding carboxylic acids is 2. The molecule has 0 fully saturated rings. The Morgan fingerprint density at radius 2 is 1.87 bits per heavy atom. The van der Waals surface area contributed by atoms with Crippen LogP contribution < -0.4 is 10.1 Å². The lowest BCUT2D eigenvalue weighted by Gasteiger charge is -2.06. The molecule has 120 valence electrons. The van der Waals surface area contributed by atoms with Crippen LogP contribution in [0.4, 0.5) is 5.69 Å². The summed E-state index contributed by atoms with van der Waals surface area (Å²) in [5.41, 5.74) is 1.34. The van der Waals surface area contributed by atoms with Crippen molar-refractivity contribution in [2.45, 2.75) is 18.2 Å². The molecule has 0 saturated carbocycles. The van der Waals surface area contributed by atoms with E-state index in [2.05, 4.69) is 5.32 Å². The van der Waals surface area contributed by atoms with Gasteiger partial charge in [-0.15, -0.1) is 11.8 Å². The number of nitrogens with one attached hydrogen (secondary N) is 1. The van der Waals surface area contributed by atoms with Crippen LogP contribution in [0.2, 0.25) is 0 Å². The minimum absolute atomic E-state index is 0.0438. The molecular formula is C18H19NO3S. The van der Waals surface area contributed by atoms with E-state index in [9.17, 15) is 9.59 Å². The van der Waals surface area contributed by atoms with E-state index in [0.717, 1.165) is 10.6 Å². The first-order valence-corrected chi connectivity index (χ1v) is 8.31. The molecule has 0 bridgehead atoms. The Labute approximate surface area is 140 Å². The van der Waals surface area contributed by atoms with Gasteiger partial charge in [0.15, 0.2) is 5.78 Å². The van der Waals surface area contributed by atoms with Gasteiger partial charge in [-0.05, 0) is 42.5 Å². The molecule has 0 aliphatic rings. The second-order valence-electron chi connectivity index (χ2n) is 4.87. The van der Waals surface area contributed by atoms with E-state index >= 15 is 0 Å². The van der Waals surface area contributed by atoms with Crippen LogP contribution in [0, 0.1) is 0 Å². The van der Waals surface area contributed by atoms with Crippen LogP contribution in [0.25, 0.3) is 0 Å². The number of Topliss-reactive ketones (excluding diaryl/α,β-unsaturated/α-hetero) is 1. The Bertz CT molecular complexity index is 683.